The van der Waals surface area contributed by atoms with E-state index in [2.05, 4.69) is 165 Å². The van der Waals surface area contributed by atoms with Gasteiger partial charge in [0, 0.05) is 36.6 Å². The molecule has 0 saturated heterocycles. The molecule has 0 heterocycles. The minimum absolute atomic E-state index is 0.236. The average Bonchev–Trinajstić information content (AvgIpc) is 3.13. The third-order valence-corrected chi connectivity index (χ3v) is 9.22. The molecule has 2 aromatic carbocycles. The van der Waals surface area contributed by atoms with Crippen molar-refractivity contribution in [3.05, 3.63) is 108 Å². The van der Waals surface area contributed by atoms with Crippen molar-refractivity contribution in [3.8, 4) is 12.3 Å². The van der Waals surface area contributed by atoms with Crippen molar-refractivity contribution in [2.75, 3.05) is 30.9 Å². The Balaban J connectivity index is 0. The summed E-state index contributed by atoms with van der Waals surface area (Å²) in [5, 5.41) is 13.0. The maximum atomic E-state index is 8.94. The molecule has 0 spiro atoms. The standard InChI is InChI=1S/C30H46N2.C10H14N2.C6H14.C2H3NO/c1-9-10-15-29(24(2)3)16-13-11-12-14-27-17-19-28(20-18-27)21-22-31-23-32-26(5)25(4)30(6,7)8;1-4-12-10-6-5-9(11-3)7-8(10)2;1-5-6(2,3)4;1-3-2-4/h1,10,15,17-20,25,31-32H,5,11-14,16,21-23H2,2-4,6-8H3;4-7,11-12H,1H2,2-3H3;5H2,1-4H3;2H,1H2/b15-10-;;;. The number of nitrogens with one attached hydrogen (secondary N) is 4. The molecule has 54 heavy (non-hydrogen) atoms. The lowest BCUT2D eigenvalue weighted by Crippen LogP contribution is -2.34. The highest BCUT2D eigenvalue weighted by Gasteiger charge is 2.22. The van der Waals surface area contributed by atoms with Crippen molar-refractivity contribution in [2.45, 2.75) is 121 Å². The van der Waals surface area contributed by atoms with E-state index in [4.69, 9.17) is 11.2 Å². The fourth-order valence-corrected chi connectivity index (χ4v) is 4.61. The van der Waals surface area contributed by atoms with E-state index in [1.54, 1.807) is 12.3 Å². The number of allylic oxidation sites excluding steroid dienone is 5. The SMILES string of the molecule is C#C/C=C\C(CCCCCc1ccc(CCNCNC(=C)C(C)C(C)(C)C)cc1)=C(C)C.C=CNc1ccc(NC)cc1C.C=NC=O.CCC(C)(C)C. The van der Waals surface area contributed by atoms with Crippen LogP contribution in [0.5, 0.6) is 0 Å². The normalized spacial score (nSPS) is 11.1. The summed E-state index contributed by atoms with van der Waals surface area (Å²) in [4.78, 5) is 11.8. The van der Waals surface area contributed by atoms with Crippen molar-refractivity contribution in [1.29, 1.82) is 0 Å². The summed E-state index contributed by atoms with van der Waals surface area (Å²) in [7, 11) is 1.91. The van der Waals surface area contributed by atoms with Crippen molar-refractivity contribution < 1.29 is 4.79 Å². The van der Waals surface area contributed by atoms with Gasteiger partial charge in [-0.1, -0.05) is 123 Å². The van der Waals surface area contributed by atoms with E-state index in [9.17, 15) is 0 Å². The number of nitrogens with zero attached hydrogens (tertiary/aromatic N) is 1. The highest BCUT2D eigenvalue weighted by atomic mass is 16.1. The van der Waals surface area contributed by atoms with Gasteiger partial charge in [0.25, 0.3) is 0 Å². The largest absolute Gasteiger partial charge is 0.388 e. The Morgan fingerprint density at radius 1 is 0.981 bits per heavy atom. The lowest BCUT2D eigenvalue weighted by Gasteiger charge is -2.29. The van der Waals surface area contributed by atoms with Gasteiger partial charge in [0.05, 0.1) is 6.67 Å². The van der Waals surface area contributed by atoms with E-state index in [0.29, 0.717) is 17.7 Å². The van der Waals surface area contributed by atoms with Gasteiger partial charge in [0.1, 0.15) is 0 Å². The number of unbranched alkanes of at least 4 members (excludes halogenated alkanes) is 2. The molecule has 1 amide bonds. The molecule has 6 nitrogen and oxygen atoms in total. The second-order valence-corrected chi connectivity index (χ2v) is 15.9. The van der Waals surface area contributed by atoms with Crippen LogP contribution in [0, 0.1) is 36.0 Å². The summed E-state index contributed by atoms with van der Waals surface area (Å²) in [6.07, 6.45) is 19.6. The molecule has 2 rings (SSSR count). The third-order valence-electron chi connectivity index (χ3n) is 9.22. The molecule has 0 bridgehead atoms. The Morgan fingerprint density at radius 2 is 1.56 bits per heavy atom. The van der Waals surface area contributed by atoms with Crippen molar-refractivity contribution >= 4 is 24.5 Å². The fourth-order valence-electron chi connectivity index (χ4n) is 4.61. The van der Waals surface area contributed by atoms with Crippen LogP contribution in [0.2, 0.25) is 0 Å². The first-order valence-corrected chi connectivity index (χ1v) is 19.5. The summed E-state index contributed by atoms with van der Waals surface area (Å²) in [6, 6.07) is 15.3. The number of aliphatic imine (C=N–C) groups is 1. The first-order chi connectivity index (χ1) is 25.4. The molecule has 4 N–H and O–H groups in total. The monoisotopic (exact) mass is 740 g/mol. The van der Waals surface area contributed by atoms with Crippen LogP contribution < -0.4 is 21.3 Å². The van der Waals surface area contributed by atoms with Gasteiger partial charge in [-0.25, -0.2) is 4.99 Å². The molecule has 0 fully saturated rings. The molecule has 300 valence electrons. The second kappa shape index (κ2) is 30.0. The van der Waals surface area contributed by atoms with Gasteiger partial charge in [0.2, 0.25) is 6.41 Å². The second-order valence-electron chi connectivity index (χ2n) is 15.9. The Kier molecular flexibility index (Phi) is 28.8. The van der Waals surface area contributed by atoms with Gasteiger partial charge < -0.3 is 16.0 Å². The molecule has 1 unspecified atom stereocenters. The number of carbonyl (C=O) groups excluding carboxylic acids is 1. The number of hydrogen-bond acceptors (Lipinski definition) is 5. The molecule has 0 aliphatic carbocycles. The van der Waals surface area contributed by atoms with Gasteiger partial charge in [-0.15, -0.1) is 6.42 Å². The number of anilines is 2. The van der Waals surface area contributed by atoms with E-state index < -0.39 is 0 Å². The van der Waals surface area contributed by atoms with Crippen LogP contribution in [-0.4, -0.2) is 33.4 Å². The number of benzene rings is 2. The maximum absolute atomic E-state index is 8.94. The number of hydrogen-bond donors (Lipinski definition) is 4. The van der Waals surface area contributed by atoms with Crippen molar-refractivity contribution in [2.24, 2.45) is 21.7 Å². The molecule has 2 aromatic rings. The van der Waals surface area contributed by atoms with E-state index in [0.717, 1.165) is 49.5 Å². The summed E-state index contributed by atoms with van der Waals surface area (Å²) in [5.41, 5.74) is 10.9. The number of carbonyl (C=O) groups is 1. The van der Waals surface area contributed by atoms with Crippen LogP contribution in [0.15, 0.2) is 95.8 Å². The predicted molar refractivity (Wildman–Crippen MR) is 242 cm³/mol. The Labute approximate surface area is 332 Å². The van der Waals surface area contributed by atoms with Gasteiger partial charge >= 0.3 is 0 Å². The first-order valence-electron chi connectivity index (χ1n) is 19.5. The Morgan fingerprint density at radius 3 is 2.00 bits per heavy atom. The first kappa shape index (κ1) is 51.8. The Bertz CT molecular complexity index is 1440. The molecule has 0 aliphatic heterocycles. The lowest BCUT2D eigenvalue weighted by atomic mass is 9.80. The van der Waals surface area contributed by atoms with E-state index in [1.165, 1.54) is 53.5 Å². The molecule has 0 aliphatic rings. The van der Waals surface area contributed by atoms with Crippen LogP contribution in [0.3, 0.4) is 0 Å². The molecule has 0 aromatic heterocycles. The number of amides is 1. The fraction of sp³-hybridized carbons (Fsp3) is 0.500. The van der Waals surface area contributed by atoms with Crippen LogP contribution in [-0.2, 0) is 17.6 Å². The molecular weight excluding hydrogens is 663 g/mol. The van der Waals surface area contributed by atoms with E-state index in [-0.39, 0.29) is 5.41 Å². The van der Waals surface area contributed by atoms with Crippen LogP contribution >= 0.6 is 0 Å². The minimum atomic E-state index is 0.236. The molecule has 6 heteroatoms. The zero-order chi connectivity index (χ0) is 41.6. The van der Waals surface area contributed by atoms with Gasteiger partial charge in [-0.2, -0.15) is 0 Å². The zero-order valence-electron chi connectivity index (χ0n) is 36.3. The molecule has 1 atom stereocenters. The average molecular weight is 740 g/mol. The van der Waals surface area contributed by atoms with Crippen molar-refractivity contribution in [1.82, 2.24) is 10.6 Å². The summed E-state index contributed by atoms with van der Waals surface area (Å²) >= 11 is 0. The summed E-state index contributed by atoms with van der Waals surface area (Å²) < 4.78 is 0. The maximum Gasteiger partial charge on any atom is 0.232 e. The smallest absolute Gasteiger partial charge is 0.232 e. The summed E-state index contributed by atoms with van der Waals surface area (Å²) in [6.45, 7) is 36.7. The lowest BCUT2D eigenvalue weighted by molar-refractivity contribution is -0.106. The Hall–Kier alpha value is -4.34. The number of rotatable bonds is 18. The zero-order valence-corrected chi connectivity index (χ0v) is 36.3. The minimum Gasteiger partial charge on any atom is -0.388 e. The highest BCUT2D eigenvalue weighted by molar-refractivity contribution is 5.59. The number of aryl methyl sites for hydroxylation is 2. The molecular formula is C48H77N5O. The van der Waals surface area contributed by atoms with Gasteiger partial charge in [-0.05, 0) is 123 Å². The molecule has 0 radical (unpaired) electrons. The highest BCUT2D eigenvalue weighted by Crippen LogP contribution is 2.29. The van der Waals surface area contributed by atoms with Gasteiger partial charge in [0.15, 0.2) is 0 Å². The van der Waals surface area contributed by atoms with Crippen LogP contribution in [0.1, 0.15) is 118 Å². The van der Waals surface area contributed by atoms with E-state index >= 15 is 0 Å². The van der Waals surface area contributed by atoms with Gasteiger partial charge in [-0.3, -0.25) is 10.1 Å². The topological polar surface area (TPSA) is 77.5 Å². The third kappa shape index (κ3) is 27.3. The molecule has 0 saturated carbocycles. The number of terminal acetylenes is 1. The van der Waals surface area contributed by atoms with E-state index in [1.807, 2.05) is 19.2 Å². The van der Waals surface area contributed by atoms with Crippen LogP contribution in [0.4, 0.5) is 11.4 Å². The summed E-state index contributed by atoms with van der Waals surface area (Å²) in [5.74, 6) is 3.03. The quantitative estimate of drug-likeness (QED) is 0.0306. The predicted octanol–water partition coefficient (Wildman–Crippen LogP) is 12.1. The van der Waals surface area contributed by atoms with Crippen LogP contribution in [0.25, 0.3) is 0 Å². The van der Waals surface area contributed by atoms with Crippen molar-refractivity contribution in [3.63, 3.8) is 0 Å².